The molecule has 202 valence electrons. The summed E-state index contributed by atoms with van der Waals surface area (Å²) in [7, 11) is 1.46. The van der Waals surface area contributed by atoms with Gasteiger partial charge in [-0.05, 0) is 98.5 Å². The number of nitrogens with one attached hydrogen (secondary N) is 1. The van der Waals surface area contributed by atoms with Crippen LogP contribution in [-0.4, -0.2) is 31.6 Å². The van der Waals surface area contributed by atoms with Crippen LogP contribution in [-0.2, 0) is 16.2 Å². The van der Waals surface area contributed by atoms with E-state index < -0.39 is 17.8 Å². The number of anilines is 1. The van der Waals surface area contributed by atoms with Crippen molar-refractivity contribution in [3.05, 3.63) is 84.2 Å². The first-order valence-corrected chi connectivity index (χ1v) is 13.8. The zero-order chi connectivity index (χ0) is 28.3. The van der Waals surface area contributed by atoms with Gasteiger partial charge in [0.15, 0.2) is 11.5 Å². The third-order valence-electron chi connectivity index (χ3n) is 5.55. The summed E-state index contributed by atoms with van der Waals surface area (Å²) in [6, 6.07) is 12.3. The number of methoxy groups -OCH3 is 1. The number of ether oxygens (including phenoxy) is 3. The van der Waals surface area contributed by atoms with E-state index in [4.69, 9.17) is 37.4 Å². The van der Waals surface area contributed by atoms with Crippen LogP contribution in [0.4, 0.5) is 10.5 Å². The van der Waals surface area contributed by atoms with Crippen molar-refractivity contribution < 1.29 is 28.6 Å². The second kappa shape index (κ2) is 12.4. The third-order valence-corrected chi connectivity index (χ3v) is 8.43. The summed E-state index contributed by atoms with van der Waals surface area (Å²) in [5.41, 5.74) is 1.25. The molecule has 3 aromatic rings. The van der Waals surface area contributed by atoms with E-state index in [0.717, 1.165) is 10.5 Å². The van der Waals surface area contributed by atoms with Crippen LogP contribution in [0.15, 0.2) is 63.0 Å². The van der Waals surface area contributed by atoms with Crippen LogP contribution in [0.2, 0.25) is 10.0 Å². The van der Waals surface area contributed by atoms with Crippen molar-refractivity contribution in [2.24, 2.45) is 0 Å². The van der Waals surface area contributed by atoms with Gasteiger partial charge in [0.25, 0.3) is 11.8 Å². The minimum atomic E-state index is -0.852. The molecule has 1 saturated heterocycles. The predicted octanol–water partition coefficient (Wildman–Crippen LogP) is 7.17. The lowest BCUT2D eigenvalue weighted by atomic mass is 10.1. The molecule has 0 bridgehead atoms. The molecule has 1 N–H and O–H groups in total. The molecule has 1 fully saturated rings. The van der Waals surface area contributed by atoms with Gasteiger partial charge in [-0.1, -0.05) is 29.3 Å². The fourth-order valence-corrected chi connectivity index (χ4v) is 4.95. The molecular weight excluding hydrogens is 679 g/mol. The number of carbonyl (C=O) groups excluding carboxylic acids is 3. The molecule has 0 radical (unpaired) electrons. The van der Waals surface area contributed by atoms with Gasteiger partial charge in [0.1, 0.15) is 17.9 Å². The van der Waals surface area contributed by atoms with Crippen LogP contribution in [0.25, 0.3) is 6.08 Å². The molecule has 0 aliphatic carbocycles. The highest BCUT2D eigenvalue weighted by molar-refractivity contribution is 9.13. The minimum absolute atomic E-state index is 0.165. The summed E-state index contributed by atoms with van der Waals surface area (Å²) in [4.78, 5) is 39.5. The molecule has 4 amide bonds. The zero-order valence-corrected chi connectivity index (χ0v) is 25.2. The molecule has 1 aliphatic rings. The molecule has 1 heterocycles. The molecule has 8 nitrogen and oxygen atoms in total. The lowest BCUT2D eigenvalue weighted by Crippen LogP contribution is -2.54. The second-order valence-corrected chi connectivity index (χ2v) is 10.4. The smallest absolute Gasteiger partial charge is 0.335 e. The molecule has 0 atom stereocenters. The average Bonchev–Trinajstić information content (AvgIpc) is 2.91. The average molecular weight is 699 g/mol. The maximum Gasteiger partial charge on any atom is 0.335 e. The van der Waals surface area contributed by atoms with E-state index in [0.29, 0.717) is 48.4 Å². The Labute approximate surface area is 251 Å². The molecule has 0 spiro atoms. The summed E-state index contributed by atoms with van der Waals surface area (Å²) in [5.74, 6) is -0.312. The van der Waals surface area contributed by atoms with Gasteiger partial charge in [0.2, 0.25) is 0 Å². The van der Waals surface area contributed by atoms with Crippen molar-refractivity contribution in [1.29, 1.82) is 0 Å². The van der Waals surface area contributed by atoms with Crippen molar-refractivity contribution >= 4 is 84.7 Å². The number of benzene rings is 3. The van der Waals surface area contributed by atoms with Crippen molar-refractivity contribution in [3.8, 4) is 17.2 Å². The van der Waals surface area contributed by atoms with E-state index in [2.05, 4.69) is 37.2 Å². The quantitative estimate of drug-likeness (QED) is 0.198. The fourth-order valence-electron chi connectivity index (χ4n) is 3.69. The number of hydrogen-bond donors (Lipinski definition) is 1. The van der Waals surface area contributed by atoms with Gasteiger partial charge in [-0.15, -0.1) is 0 Å². The van der Waals surface area contributed by atoms with Gasteiger partial charge in [0, 0.05) is 4.47 Å². The van der Waals surface area contributed by atoms with Gasteiger partial charge < -0.3 is 14.2 Å². The normalized spacial score (nSPS) is 14.5. The van der Waals surface area contributed by atoms with Crippen molar-refractivity contribution in [3.63, 3.8) is 0 Å². The summed E-state index contributed by atoms with van der Waals surface area (Å²) >= 11 is 19.1. The maximum absolute atomic E-state index is 13.3. The van der Waals surface area contributed by atoms with Crippen molar-refractivity contribution in [1.82, 2.24) is 5.32 Å². The number of urea groups is 1. The number of rotatable bonds is 8. The number of halogens is 4. The monoisotopic (exact) mass is 696 g/mol. The number of carbonyl (C=O) groups is 3. The summed E-state index contributed by atoms with van der Waals surface area (Å²) in [6.07, 6.45) is 1.37. The number of hydrogen-bond acceptors (Lipinski definition) is 6. The van der Waals surface area contributed by atoms with Crippen molar-refractivity contribution in [2.75, 3.05) is 18.6 Å². The SMILES string of the molecule is CCOc1ccc(N2C(=O)NC(=O)/C(=C\c3cc(OC)c(OCc4ccc(Cl)c(Cl)c4)c(Br)c3Br)C2=O)cc1. The van der Waals surface area contributed by atoms with Gasteiger partial charge in [-0.3, -0.25) is 14.9 Å². The number of barbiturate groups is 1. The van der Waals surface area contributed by atoms with E-state index in [1.54, 1.807) is 48.5 Å². The van der Waals surface area contributed by atoms with E-state index >= 15 is 0 Å². The molecule has 3 aromatic carbocycles. The van der Waals surface area contributed by atoms with Gasteiger partial charge in [0.05, 0.1) is 33.9 Å². The lowest BCUT2D eigenvalue weighted by molar-refractivity contribution is -0.122. The first-order chi connectivity index (χ1) is 18.6. The highest BCUT2D eigenvalue weighted by Crippen LogP contribution is 2.44. The highest BCUT2D eigenvalue weighted by Gasteiger charge is 2.37. The number of nitrogens with zero attached hydrogens (tertiary/aromatic N) is 1. The van der Waals surface area contributed by atoms with E-state index in [-0.39, 0.29) is 17.9 Å². The van der Waals surface area contributed by atoms with Crippen molar-refractivity contribution in [2.45, 2.75) is 13.5 Å². The number of imide groups is 2. The van der Waals surface area contributed by atoms with Gasteiger partial charge >= 0.3 is 6.03 Å². The molecule has 1 aliphatic heterocycles. The molecular formula is C27H20Br2Cl2N2O6. The predicted molar refractivity (Wildman–Crippen MR) is 156 cm³/mol. The van der Waals surface area contributed by atoms with Crippen LogP contribution >= 0.6 is 55.1 Å². The fraction of sp³-hybridized carbons (Fsp3) is 0.148. The van der Waals surface area contributed by atoms with Crippen LogP contribution in [0, 0.1) is 0 Å². The Morgan fingerprint density at radius 2 is 1.67 bits per heavy atom. The Morgan fingerprint density at radius 3 is 2.31 bits per heavy atom. The Hall–Kier alpha value is -3.05. The van der Waals surface area contributed by atoms with Crippen LogP contribution < -0.4 is 24.4 Å². The highest BCUT2D eigenvalue weighted by atomic mass is 79.9. The molecule has 39 heavy (non-hydrogen) atoms. The van der Waals surface area contributed by atoms with Gasteiger partial charge in [-0.2, -0.15) is 0 Å². The number of amides is 4. The summed E-state index contributed by atoms with van der Waals surface area (Å²) < 4.78 is 17.9. The molecule has 0 unspecified atom stereocenters. The zero-order valence-electron chi connectivity index (χ0n) is 20.5. The largest absolute Gasteiger partial charge is 0.494 e. The Morgan fingerprint density at radius 1 is 0.949 bits per heavy atom. The van der Waals surface area contributed by atoms with Crippen LogP contribution in [0.5, 0.6) is 17.2 Å². The Bertz CT molecular complexity index is 1490. The van der Waals surface area contributed by atoms with E-state index in [1.807, 2.05) is 6.92 Å². The molecule has 0 aromatic heterocycles. The van der Waals surface area contributed by atoms with Gasteiger partial charge in [-0.25, -0.2) is 9.69 Å². The maximum atomic E-state index is 13.3. The Kier molecular flexibility index (Phi) is 9.22. The Balaban J connectivity index is 1.66. The topological polar surface area (TPSA) is 94.2 Å². The standard InChI is InChI=1S/C27H20Br2Cl2N2O6/c1-3-38-17-7-5-16(6-8-17)33-26(35)18(25(34)32-27(33)36)11-15-12-21(37-2)24(23(29)22(15)28)39-13-14-4-9-19(30)20(31)10-14/h4-12H,3,13H2,1-2H3,(H,32,34,36)/b18-11+. The molecule has 12 heteroatoms. The first-order valence-electron chi connectivity index (χ1n) is 11.4. The summed E-state index contributed by atoms with van der Waals surface area (Å²) in [5, 5.41) is 3.05. The summed E-state index contributed by atoms with van der Waals surface area (Å²) in [6.45, 7) is 2.48. The van der Waals surface area contributed by atoms with E-state index in [1.165, 1.54) is 13.2 Å². The second-order valence-electron chi connectivity index (χ2n) is 8.05. The molecule has 4 rings (SSSR count). The third kappa shape index (κ3) is 6.24. The molecule has 0 saturated carbocycles. The van der Waals surface area contributed by atoms with E-state index in [9.17, 15) is 14.4 Å². The van der Waals surface area contributed by atoms with Crippen LogP contribution in [0.1, 0.15) is 18.1 Å². The minimum Gasteiger partial charge on any atom is -0.494 e. The van der Waals surface area contributed by atoms with Crippen LogP contribution in [0.3, 0.4) is 0 Å². The first kappa shape index (κ1) is 28.9. The lowest BCUT2D eigenvalue weighted by Gasteiger charge is -2.26.